The first-order valence-corrected chi connectivity index (χ1v) is 49.9. The Bertz CT molecular complexity index is 7010. The van der Waals surface area contributed by atoms with Gasteiger partial charge in [-0.3, -0.25) is 19.0 Å². The maximum absolute atomic E-state index is 14.5. The van der Waals surface area contributed by atoms with Crippen LogP contribution in [-0.4, -0.2) is 214 Å². The van der Waals surface area contributed by atoms with Crippen molar-refractivity contribution in [2.24, 2.45) is 0 Å². The Labute approximate surface area is 783 Å². The Balaban J connectivity index is 0.000000138. The maximum Gasteiger partial charge on any atom is 0.303 e. The lowest BCUT2D eigenvalue weighted by Crippen LogP contribution is -2.41. The number of likely N-dealkylation sites (N-methyl/N-ethyl adjacent to an activating group) is 1. The van der Waals surface area contributed by atoms with Crippen LogP contribution in [0.25, 0.3) is 33.5 Å². The van der Waals surface area contributed by atoms with E-state index in [1.165, 1.54) is 90.5 Å². The fourth-order valence-electron chi connectivity index (χ4n) is 17.4. The molecule has 18 rings (SSSR count). The highest BCUT2D eigenvalue weighted by Gasteiger charge is 2.39. The van der Waals surface area contributed by atoms with Gasteiger partial charge in [-0.2, -0.15) is 71.3 Å². The summed E-state index contributed by atoms with van der Waals surface area (Å²) in [6, 6.07) is 28.4. The zero-order valence-electron chi connectivity index (χ0n) is 75.9. The van der Waals surface area contributed by atoms with E-state index < -0.39 is 94.5 Å². The van der Waals surface area contributed by atoms with E-state index in [0.29, 0.717) is 94.5 Å². The molecule has 8 aromatic heterocycles. The zero-order chi connectivity index (χ0) is 97.1. The molecule has 0 radical (unpaired) electrons. The first-order valence-electron chi connectivity index (χ1n) is 44.1. The number of fused-ring (bicyclic) bond motifs is 5. The van der Waals surface area contributed by atoms with Gasteiger partial charge in [0.25, 0.3) is 11.8 Å². The van der Waals surface area contributed by atoms with Crippen LogP contribution >= 0.6 is 0 Å². The van der Waals surface area contributed by atoms with Crippen LogP contribution in [0.5, 0.6) is 11.5 Å². The molecule has 0 bridgehead atoms. The van der Waals surface area contributed by atoms with Gasteiger partial charge in [0, 0.05) is 169 Å². The highest BCUT2D eigenvalue weighted by atomic mass is 32.2. The van der Waals surface area contributed by atoms with E-state index in [2.05, 4.69) is 57.3 Å². The molecular formula is C92H105F7N20O13S4. The van der Waals surface area contributed by atoms with Crippen LogP contribution in [0.15, 0.2) is 178 Å². The molecule has 1 unspecified atom stereocenters. The number of halogens is 7. The van der Waals surface area contributed by atoms with Gasteiger partial charge in [0.05, 0.1) is 100 Å². The summed E-state index contributed by atoms with van der Waals surface area (Å²) in [5.74, 6) is -3.51. The molecule has 6 aliphatic rings. The Morgan fingerprint density at radius 2 is 0.816 bits per heavy atom. The topological polar surface area (TPSA) is 342 Å². The molecule has 5 fully saturated rings. The van der Waals surface area contributed by atoms with E-state index in [-0.39, 0.29) is 97.1 Å². The number of hydrogen-bond donors (Lipinski definition) is 4. The van der Waals surface area contributed by atoms with E-state index >= 15 is 0 Å². The summed E-state index contributed by atoms with van der Waals surface area (Å²) >= 11 is 0. The van der Waals surface area contributed by atoms with Gasteiger partial charge in [0.1, 0.15) is 48.2 Å². The molecular weight excluding hydrogens is 1850 g/mol. The zero-order valence-corrected chi connectivity index (χ0v) is 79.1. The molecule has 1 saturated carbocycles. The van der Waals surface area contributed by atoms with E-state index in [4.69, 9.17) is 14.2 Å². The standard InChI is InChI=1S/C24H27F2N5O5S.C23H27F2N5O3S.C23H25F2N5O2S.C22H26FN5O3S/c1-3-29(2)37(33,34)28-24(32)19-13-27-31-8-6-16(11-21(19)31)30-7-4-5-20(30)18-9-15(26)10-22-23(18)36-17(12-25)14-35-22;1-16(27-34(31,32)28(2)11-12-33-3)20-15-26-30-10-8-18(14-23(20)30)29-9-4-5-22(29)19-13-17(24)6-7-21(19)25;1-15(27-33(31,32)28(2)17-6-7-17)20-14-26-30-11-9-18(13-23(20)30)29-10-3-4-22(29)19-12-16(24)5-8-21(19)25;1-4-26(3)32(30,31)25-22(29)19-14-24-28-11-9-17(13-21(19)28)27-10-5-6-20(27)18-12-16(23)8-7-15(18)2/h6,8-11,13,17,20H,3-5,7,12,14H2,1-2H3,(H,28,32);6-8,10,13-15,22,27H,1,4-5,9,11-12H2,2-3H3;5,8-9,11-14,17,22,27H,1,3-4,6-7,10H2,2H3;7-9,11-14,20H,4-6,10H2,1-3H3,(H,25,29)/t17?,20-;2*22-;20-/m1111/s1. The van der Waals surface area contributed by atoms with Crippen molar-refractivity contribution in [2.45, 2.75) is 121 Å². The molecule has 13 heterocycles. The Hall–Kier alpha value is -12.4. The van der Waals surface area contributed by atoms with Crippen molar-refractivity contribution in [3.05, 3.63) is 263 Å². The van der Waals surface area contributed by atoms with Crippen molar-refractivity contribution < 1.29 is 88.2 Å². The second kappa shape index (κ2) is 40.9. The van der Waals surface area contributed by atoms with Gasteiger partial charge < -0.3 is 33.8 Å². The number of amides is 2. The van der Waals surface area contributed by atoms with Gasteiger partial charge in [-0.1, -0.05) is 33.1 Å². The summed E-state index contributed by atoms with van der Waals surface area (Å²) in [5, 5.41) is 17.0. The third kappa shape index (κ3) is 21.2. The van der Waals surface area contributed by atoms with Gasteiger partial charge in [-0.15, -0.1) is 0 Å². The second-order valence-corrected chi connectivity index (χ2v) is 40.9. The van der Waals surface area contributed by atoms with Crippen LogP contribution in [0.3, 0.4) is 0 Å². The number of aryl methyl sites for hydroxylation is 1. The number of benzene rings is 4. The number of nitrogens with one attached hydrogen (secondary N) is 4. The minimum absolute atomic E-state index is 0.00720. The number of rotatable bonds is 29. The third-order valence-corrected chi connectivity index (χ3v) is 31.3. The lowest BCUT2D eigenvalue weighted by atomic mass is 9.99. The molecule has 1 aliphatic carbocycles. The molecule has 12 aromatic rings. The van der Waals surface area contributed by atoms with Crippen LogP contribution in [0.1, 0.15) is 162 Å². The number of carbonyl (C=O) groups is 2. The van der Waals surface area contributed by atoms with Gasteiger partial charge >= 0.3 is 40.8 Å². The van der Waals surface area contributed by atoms with Crippen molar-refractivity contribution >= 4 is 109 Å². The number of nitrogens with zero attached hydrogens (tertiary/aromatic N) is 16. The normalized spacial score (nSPS) is 18.0. The van der Waals surface area contributed by atoms with Crippen molar-refractivity contribution in [3.63, 3.8) is 0 Å². The van der Waals surface area contributed by atoms with Crippen molar-refractivity contribution in [2.75, 3.05) is 121 Å². The minimum Gasteiger partial charge on any atom is -0.486 e. The molecule has 4 N–H and O–H groups in total. The smallest absolute Gasteiger partial charge is 0.303 e. The predicted molar refractivity (Wildman–Crippen MR) is 501 cm³/mol. The van der Waals surface area contributed by atoms with Gasteiger partial charge in [-0.05, 0) is 185 Å². The summed E-state index contributed by atoms with van der Waals surface area (Å²) < 4.78 is 234. The third-order valence-electron chi connectivity index (χ3n) is 25.1. The number of carbonyl (C=O) groups excluding carboxylic acids is 2. The minimum atomic E-state index is -4.00. The average Bonchev–Trinajstić information content (AvgIpc) is 1.60. The highest BCUT2D eigenvalue weighted by Crippen LogP contribution is 2.48. The van der Waals surface area contributed by atoms with E-state index in [1.54, 1.807) is 79.1 Å². The SMILES string of the molecule is C=C(NS(=O)(=O)N(C)C1CC1)c1cnn2ccc(N3CCC[C@@H]3c3cc(F)ccc3F)cc12.C=C(NS(=O)(=O)N(C)CCOC)c1cnn2ccc(N3CCC[C@@H]3c3cc(F)ccc3F)cc12.CCN(C)S(=O)(=O)NC(=O)c1cnn2ccc(N3CCC[C@@H]3c3cc(F)cc4c3OC(CF)CO4)cc12.CCN(C)S(=O)(=O)NC(=O)c1cnn2ccc(N3CCC[C@@H]3c3cc(F)ccc3C)cc12. The summed E-state index contributed by atoms with van der Waals surface area (Å²) in [6.45, 7) is 16.1. The molecule has 5 atom stereocenters. The molecule has 136 heavy (non-hydrogen) atoms. The summed E-state index contributed by atoms with van der Waals surface area (Å²) in [5.41, 5.74) is 10.3. The van der Waals surface area contributed by atoms with Gasteiger partial charge in [-0.25, -0.2) is 58.2 Å². The number of methoxy groups -OCH3 is 1. The Kier molecular flexibility index (Phi) is 29.5. The number of anilines is 4. The van der Waals surface area contributed by atoms with Crippen LogP contribution in [0, 0.1) is 41.8 Å². The predicted octanol–water partition coefficient (Wildman–Crippen LogP) is 13.1. The molecule has 0 spiro atoms. The first kappa shape index (κ1) is 98.1. The van der Waals surface area contributed by atoms with E-state index in [1.807, 2.05) is 64.1 Å². The monoisotopic (exact) mass is 1960 g/mol. The van der Waals surface area contributed by atoms with Crippen LogP contribution in [0.2, 0.25) is 0 Å². The molecule has 724 valence electrons. The van der Waals surface area contributed by atoms with Gasteiger partial charge in [0.2, 0.25) is 0 Å². The van der Waals surface area contributed by atoms with Crippen LogP contribution in [-0.2, 0) is 45.6 Å². The van der Waals surface area contributed by atoms with Crippen LogP contribution in [0.4, 0.5) is 53.5 Å². The average molecular weight is 1960 g/mol. The molecule has 4 saturated heterocycles. The first-order chi connectivity index (χ1) is 64.9. The Morgan fingerprint density at radius 1 is 0.456 bits per heavy atom. The fourth-order valence-corrected chi connectivity index (χ4v) is 21.2. The molecule has 33 nitrogen and oxygen atoms in total. The fraction of sp³-hybridized carbons (Fsp3) is 0.370. The quantitative estimate of drug-likeness (QED) is 0.0316. The number of ether oxygens (including phenoxy) is 3. The second-order valence-electron chi connectivity index (χ2n) is 33.8. The summed E-state index contributed by atoms with van der Waals surface area (Å²) in [4.78, 5) is 33.9. The molecule has 5 aliphatic heterocycles. The Morgan fingerprint density at radius 3 is 1.21 bits per heavy atom. The summed E-state index contributed by atoms with van der Waals surface area (Å²) in [7, 11) is -8.20. The highest BCUT2D eigenvalue weighted by molar-refractivity contribution is 7.88. The van der Waals surface area contributed by atoms with E-state index in [0.717, 1.165) is 123 Å². The number of alkyl halides is 1. The molecule has 4 aromatic carbocycles. The molecule has 2 amide bonds. The summed E-state index contributed by atoms with van der Waals surface area (Å²) in [6.07, 6.45) is 20.1. The number of aromatic nitrogens is 8. The maximum atomic E-state index is 14.5. The number of pyridine rings is 4. The lowest BCUT2D eigenvalue weighted by molar-refractivity contribution is 0.0698. The van der Waals surface area contributed by atoms with Crippen molar-refractivity contribution in [3.8, 4) is 11.5 Å². The van der Waals surface area contributed by atoms with Crippen LogP contribution < -0.4 is 48.0 Å². The number of hydrogen-bond acceptors (Lipinski definition) is 21. The lowest BCUT2D eigenvalue weighted by Gasteiger charge is -2.32. The van der Waals surface area contributed by atoms with Crippen molar-refractivity contribution in [1.29, 1.82) is 0 Å². The van der Waals surface area contributed by atoms with Crippen molar-refractivity contribution in [1.82, 2.24) is 74.6 Å². The van der Waals surface area contributed by atoms with Gasteiger partial charge in [0.15, 0.2) is 17.6 Å². The van der Waals surface area contributed by atoms with E-state index in [9.17, 15) is 74.0 Å². The largest absolute Gasteiger partial charge is 0.486 e. The molecule has 44 heteroatoms.